The number of hydrogen-bond donors (Lipinski definition) is 1. The summed E-state index contributed by atoms with van der Waals surface area (Å²) in [4.78, 5) is 22.8. The first-order chi connectivity index (χ1) is 9.88. The summed E-state index contributed by atoms with van der Waals surface area (Å²) in [5.74, 6) is -0.373. The third-order valence-electron chi connectivity index (χ3n) is 3.04. The molecule has 2 rings (SSSR count). The third kappa shape index (κ3) is 3.46. The molecule has 0 heterocycles. The first kappa shape index (κ1) is 15.2. The Bertz CT molecular complexity index is 729. The number of amides is 1. The van der Waals surface area contributed by atoms with Gasteiger partial charge < -0.3 is 5.32 Å². The summed E-state index contributed by atoms with van der Waals surface area (Å²) in [5, 5.41) is 13.6. The van der Waals surface area contributed by atoms with E-state index < -0.39 is 4.92 Å². The highest BCUT2D eigenvalue weighted by molar-refractivity contribution is 9.10. The van der Waals surface area contributed by atoms with Crippen LogP contribution in [0.1, 0.15) is 21.5 Å². The summed E-state index contributed by atoms with van der Waals surface area (Å²) >= 11 is 3.31. The highest BCUT2D eigenvalue weighted by Gasteiger charge is 2.17. The Kier molecular flexibility index (Phi) is 4.37. The molecule has 0 bridgehead atoms. The molecule has 2 aromatic carbocycles. The van der Waals surface area contributed by atoms with Crippen molar-refractivity contribution in [2.24, 2.45) is 0 Å². The van der Waals surface area contributed by atoms with E-state index in [1.807, 2.05) is 26.0 Å². The van der Waals surface area contributed by atoms with Crippen molar-refractivity contribution in [1.82, 2.24) is 0 Å². The van der Waals surface area contributed by atoms with E-state index in [2.05, 4.69) is 21.2 Å². The van der Waals surface area contributed by atoms with Crippen LogP contribution in [-0.4, -0.2) is 10.8 Å². The third-order valence-corrected chi connectivity index (χ3v) is 3.53. The van der Waals surface area contributed by atoms with Crippen molar-refractivity contribution < 1.29 is 9.72 Å². The summed E-state index contributed by atoms with van der Waals surface area (Å²) in [5.41, 5.74) is 2.18. The minimum absolute atomic E-state index is 0.124. The second kappa shape index (κ2) is 6.05. The molecule has 0 aliphatic carbocycles. The van der Waals surface area contributed by atoms with Gasteiger partial charge in [-0.05, 0) is 43.2 Å². The van der Waals surface area contributed by atoms with E-state index in [4.69, 9.17) is 0 Å². The molecular weight excluding hydrogens is 336 g/mol. The molecule has 0 aliphatic heterocycles. The van der Waals surface area contributed by atoms with Crippen LogP contribution < -0.4 is 5.32 Å². The van der Waals surface area contributed by atoms with Crippen LogP contribution >= 0.6 is 15.9 Å². The molecule has 1 amide bonds. The van der Waals surface area contributed by atoms with Gasteiger partial charge in [0.05, 0.1) is 4.92 Å². The van der Waals surface area contributed by atoms with E-state index in [9.17, 15) is 14.9 Å². The van der Waals surface area contributed by atoms with E-state index >= 15 is 0 Å². The predicted molar refractivity (Wildman–Crippen MR) is 84.7 cm³/mol. The smallest absolute Gasteiger partial charge is 0.292 e. The van der Waals surface area contributed by atoms with Crippen LogP contribution in [0.3, 0.4) is 0 Å². The van der Waals surface area contributed by atoms with Gasteiger partial charge in [0, 0.05) is 16.1 Å². The second-order valence-corrected chi connectivity index (χ2v) is 5.61. The van der Waals surface area contributed by atoms with E-state index in [1.165, 1.54) is 6.07 Å². The number of nitrogens with zero attached hydrogens (tertiary/aromatic N) is 1. The highest BCUT2D eigenvalue weighted by atomic mass is 79.9. The normalized spacial score (nSPS) is 10.2. The number of carbonyl (C=O) groups is 1. The number of halogens is 1. The van der Waals surface area contributed by atoms with Gasteiger partial charge in [-0.1, -0.05) is 28.1 Å². The molecule has 2 aromatic rings. The van der Waals surface area contributed by atoms with E-state index in [0.717, 1.165) is 15.6 Å². The Hall–Kier alpha value is -2.21. The first-order valence-corrected chi connectivity index (χ1v) is 7.00. The van der Waals surface area contributed by atoms with Gasteiger partial charge in [0.1, 0.15) is 5.69 Å². The molecule has 0 unspecified atom stereocenters. The molecule has 0 radical (unpaired) electrons. The lowest BCUT2D eigenvalue weighted by atomic mass is 10.1. The lowest BCUT2D eigenvalue weighted by molar-refractivity contribution is -0.383. The van der Waals surface area contributed by atoms with Crippen LogP contribution in [-0.2, 0) is 0 Å². The maximum absolute atomic E-state index is 12.3. The summed E-state index contributed by atoms with van der Waals surface area (Å²) in [6.07, 6.45) is 0. The molecule has 0 fully saturated rings. The van der Waals surface area contributed by atoms with E-state index in [1.54, 1.807) is 18.2 Å². The SMILES string of the molecule is Cc1ccc([N+](=O)[O-])c(NC(=O)c2cc(Br)ccc2C)c1. The zero-order valence-electron chi connectivity index (χ0n) is 11.5. The molecule has 21 heavy (non-hydrogen) atoms. The van der Waals surface area contributed by atoms with Crippen molar-refractivity contribution in [2.45, 2.75) is 13.8 Å². The maximum atomic E-state index is 12.3. The van der Waals surface area contributed by atoms with Gasteiger partial charge in [-0.15, -0.1) is 0 Å². The number of rotatable bonds is 3. The summed E-state index contributed by atoms with van der Waals surface area (Å²) in [7, 11) is 0. The number of nitro benzene ring substituents is 1. The van der Waals surface area contributed by atoms with Crippen molar-refractivity contribution >= 4 is 33.2 Å². The molecular formula is C15H13BrN2O3. The average molecular weight is 349 g/mol. The van der Waals surface area contributed by atoms with Gasteiger partial charge in [-0.2, -0.15) is 0 Å². The largest absolute Gasteiger partial charge is 0.316 e. The Balaban J connectivity index is 2.38. The molecule has 0 saturated carbocycles. The number of nitrogens with one attached hydrogen (secondary N) is 1. The number of aryl methyl sites for hydroxylation is 2. The van der Waals surface area contributed by atoms with Crippen molar-refractivity contribution in [3.8, 4) is 0 Å². The van der Waals surface area contributed by atoms with Gasteiger partial charge in [-0.3, -0.25) is 14.9 Å². The molecule has 0 aliphatic rings. The van der Waals surface area contributed by atoms with Gasteiger partial charge in [-0.25, -0.2) is 0 Å². The minimum Gasteiger partial charge on any atom is -0.316 e. The zero-order chi connectivity index (χ0) is 15.6. The Morgan fingerprint density at radius 3 is 2.57 bits per heavy atom. The standard InChI is InChI=1S/C15H13BrN2O3/c1-9-3-6-14(18(20)21)13(7-9)17-15(19)12-8-11(16)5-4-10(12)2/h3-8H,1-2H3,(H,17,19). The Morgan fingerprint density at radius 2 is 1.90 bits per heavy atom. The van der Waals surface area contributed by atoms with Gasteiger partial charge in [0.2, 0.25) is 0 Å². The summed E-state index contributed by atoms with van der Waals surface area (Å²) in [6, 6.07) is 9.94. The molecule has 1 N–H and O–H groups in total. The highest BCUT2D eigenvalue weighted by Crippen LogP contribution is 2.26. The van der Waals surface area contributed by atoms with Crippen LogP contribution in [0.25, 0.3) is 0 Å². The lowest BCUT2D eigenvalue weighted by Gasteiger charge is -2.09. The second-order valence-electron chi connectivity index (χ2n) is 4.69. The summed E-state index contributed by atoms with van der Waals surface area (Å²) < 4.78 is 0.775. The van der Waals surface area contributed by atoms with Crippen molar-refractivity contribution in [3.63, 3.8) is 0 Å². The number of hydrogen-bond acceptors (Lipinski definition) is 3. The fourth-order valence-electron chi connectivity index (χ4n) is 1.94. The monoisotopic (exact) mass is 348 g/mol. The molecule has 108 valence electrons. The fourth-order valence-corrected chi connectivity index (χ4v) is 2.30. The van der Waals surface area contributed by atoms with Crippen molar-refractivity contribution in [2.75, 3.05) is 5.32 Å². The van der Waals surface area contributed by atoms with Crippen LogP contribution in [0, 0.1) is 24.0 Å². The van der Waals surface area contributed by atoms with Crippen LogP contribution in [0.2, 0.25) is 0 Å². The van der Waals surface area contributed by atoms with Gasteiger partial charge in [0.15, 0.2) is 0 Å². The Labute approximate surface area is 130 Å². The topological polar surface area (TPSA) is 72.2 Å². The lowest BCUT2D eigenvalue weighted by Crippen LogP contribution is -2.14. The van der Waals surface area contributed by atoms with Crippen molar-refractivity contribution in [1.29, 1.82) is 0 Å². The number of nitro groups is 1. The molecule has 6 heteroatoms. The van der Waals surface area contributed by atoms with Gasteiger partial charge in [0.25, 0.3) is 11.6 Å². The van der Waals surface area contributed by atoms with Crippen LogP contribution in [0.4, 0.5) is 11.4 Å². The van der Waals surface area contributed by atoms with E-state index in [-0.39, 0.29) is 17.3 Å². The van der Waals surface area contributed by atoms with Crippen molar-refractivity contribution in [3.05, 3.63) is 67.7 Å². The zero-order valence-corrected chi connectivity index (χ0v) is 13.1. The number of carbonyl (C=O) groups excluding carboxylic acids is 1. The molecule has 0 spiro atoms. The molecule has 0 aromatic heterocycles. The quantitative estimate of drug-likeness (QED) is 0.666. The molecule has 0 saturated heterocycles. The maximum Gasteiger partial charge on any atom is 0.292 e. The predicted octanol–water partition coefficient (Wildman–Crippen LogP) is 4.23. The van der Waals surface area contributed by atoms with Crippen LogP contribution in [0.5, 0.6) is 0 Å². The van der Waals surface area contributed by atoms with Crippen LogP contribution in [0.15, 0.2) is 40.9 Å². The fraction of sp³-hybridized carbons (Fsp3) is 0.133. The first-order valence-electron chi connectivity index (χ1n) is 6.21. The Morgan fingerprint density at radius 1 is 1.19 bits per heavy atom. The molecule has 0 atom stereocenters. The minimum atomic E-state index is -0.511. The number of benzene rings is 2. The number of anilines is 1. The van der Waals surface area contributed by atoms with Gasteiger partial charge >= 0.3 is 0 Å². The van der Waals surface area contributed by atoms with E-state index in [0.29, 0.717) is 5.56 Å². The summed E-state index contributed by atoms with van der Waals surface area (Å²) in [6.45, 7) is 3.62. The average Bonchev–Trinajstić information content (AvgIpc) is 2.41. The molecule has 5 nitrogen and oxygen atoms in total.